The first-order chi connectivity index (χ1) is 6.20. The van der Waals surface area contributed by atoms with E-state index in [0.29, 0.717) is 5.39 Å². The Morgan fingerprint density at radius 1 is 1.23 bits per heavy atom. The number of fused-ring (bicyclic) bond motifs is 1. The van der Waals surface area contributed by atoms with E-state index in [0.717, 1.165) is 0 Å². The van der Waals surface area contributed by atoms with E-state index < -0.39 is 11.6 Å². The number of pyridine rings is 1. The first kappa shape index (κ1) is 8.56. The van der Waals surface area contributed by atoms with Gasteiger partial charge in [0.2, 0.25) is 0 Å². The minimum atomic E-state index is -0.862. The highest BCUT2D eigenvalue weighted by molar-refractivity contribution is 9.10. The smallest absolute Gasteiger partial charge is 0.173 e. The Kier molecular flexibility index (Phi) is 2.00. The second kappa shape index (κ2) is 3.03. The Morgan fingerprint density at radius 3 is 2.77 bits per heavy atom. The van der Waals surface area contributed by atoms with Gasteiger partial charge in [0.1, 0.15) is 0 Å². The number of hydrogen-bond acceptors (Lipinski definition) is 1. The van der Waals surface area contributed by atoms with Crippen molar-refractivity contribution >= 4 is 26.7 Å². The average Bonchev–Trinajstić information content (AvgIpc) is 2.15. The van der Waals surface area contributed by atoms with Gasteiger partial charge in [-0.25, -0.2) is 8.78 Å². The van der Waals surface area contributed by atoms with Crippen LogP contribution in [0.25, 0.3) is 10.8 Å². The van der Waals surface area contributed by atoms with E-state index in [4.69, 9.17) is 0 Å². The summed E-state index contributed by atoms with van der Waals surface area (Å²) in [7, 11) is 0. The highest BCUT2D eigenvalue weighted by atomic mass is 79.9. The largest absolute Gasteiger partial charge is 0.264 e. The van der Waals surface area contributed by atoms with Crippen molar-refractivity contribution in [3.8, 4) is 0 Å². The average molecular weight is 244 g/mol. The lowest BCUT2D eigenvalue weighted by Crippen LogP contribution is -1.88. The molecule has 0 N–H and O–H groups in total. The summed E-state index contributed by atoms with van der Waals surface area (Å²) in [6.45, 7) is 0. The quantitative estimate of drug-likeness (QED) is 0.648. The molecular weight excluding hydrogens is 240 g/mol. The lowest BCUT2D eigenvalue weighted by molar-refractivity contribution is 0.512. The summed E-state index contributed by atoms with van der Waals surface area (Å²) in [6.07, 6.45) is 2.92. The van der Waals surface area contributed by atoms with Crippen LogP contribution in [0.5, 0.6) is 0 Å². The number of aromatic nitrogens is 1. The molecule has 1 heterocycles. The molecule has 0 atom stereocenters. The maximum Gasteiger partial charge on any atom is 0.173 e. The van der Waals surface area contributed by atoms with Crippen molar-refractivity contribution in [2.24, 2.45) is 0 Å². The van der Waals surface area contributed by atoms with Crippen LogP contribution in [0, 0.1) is 11.6 Å². The van der Waals surface area contributed by atoms with Gasteiger partial charge in [0.15, 0.2) is 11.6 Å². The molecule has 1 aromatic heterocycles. The normalized spacial score (nSPS) is 10.7. The van der Waals surface area contributed by atoms with E-state index in [1.807, 2.05) is 0 Å². The van der Waals surface area contributed by atoms with E-state index in [2.05, 4.69) is 20.9 Å². The van der Waals surface area contributed by atoms with Crippen LogP contribution in [0.4, 0.5) is 8.78 Å². The molecule has 0 aliphatic carbocycles. The Hall–Kier alpha value is -1.03. The molecule has 1 aromatic carbocycles. The molecule has 0 unspecified atom stereocenters. The molecule has 0 bridgehead atoms. The zero-order valence-electron chi connectivity index (χ0n) is 6.39. The molecule has 0 saturated carbocycles. The van der Waals surface area contributed by atoms with Crippen LogP contribution >= 0.6 is 15.9 Å². The predicted molar refractivity (Wildman–Crippen MR) is 49.4 cm³/mol. The number of benzene rings is 1. The summed E-state index contributed by atoms with van der Waals surface area (Å²) < 4.78 is 26.4. The Labute approximate surface area is 81.5 Å². The van der Waals surface area contributed by atoms with Gasteiger partial charge in [-0.1, -0.05) is 0 Å². The fourth-order valence-corrected chi connectivity index (χ4v) is 1.57. The number of nitrogens with zero attached hydrogens (tertiary/aromatic N) is 1. The maximum atomic E-state index is 13.2. The summed E-state index contributed by atoms with van der Waals surface area (Å²) in [5.41, 5.74) is 0. The molecule has 0 saturated heterocycles. The molecular formula is C9H4BrF2N. The monoisotopic (exact) mass is 243 g/mol. The first-order valence-corrected chi connectivity index (χ1v) is 4.36. The summed E-state index contributed by atoms with van der Waals surface area (Å²) in [5.74, 6) is -1.70. The Morgan fingerprint density at radius 2 is 2.00 bits per heavy atom. The molecule has 0 radical (unpaired) electrons. The zero-order valence-corrected chi connectivity index (χ0v) is 7.98. The summed E-state index contributed by atoms with van der Waals surface area (Å²) in [5, 5.41) is 0.823. The van der Waals surface area contributed by atoms with E-state index >= 15 is 0 Å². The van der Waals surface area contributed by atoms with Gasteiger partial charge in [-0.15, -0.1) is 0 Å². The van der Waals surface area contributed by atoms with Crippen molar-refractivity contribution in [2.45, 2.75) is 0 Å². The van der Waals surface area contributed by atoms with Crippen LogP contribution in [0.15, 0.2) is 29.0 Å². The van der Waals surface area contributed by atoms with Crippen LogP contribution in [-0.4, -0.2) is 4.98 Å². The van der Waals surface area contributed by atoms with Crippen molar-refractivity contribution in [1.82, 2.24) is 4.98 Å². The molecule has 1 nitrogen and oxygen atoms in total. The third kappa shape index (κ3) is 1.31. The van der Waals surface area contributed by atoms with Crippen LogP contribution < -0.4 is 0 Å². The fraction of sp³-hybridized carbons (Fsp3) is 0. The van der Waals surface area contributed by atoms with E-state index in [1.54, 1.807) is 0 Å². The van der Waals surface area contributed by atoms with Gasteiger partial charge in [0.05, 0.1) is 4.47 Å². The van der Waals surface area contributed by atoms with Crippen molar-refractivity contribution in [3.05, 3.63) is 40.6 Å². The maximum absolute atomic E-state index is 13.2. The molecule has 0 fully saturated rings. The molecule has 2 aromatic rings. The van der Waals surface area contributed by atoms with E-state index in [-0.39, 0.29) is 9.86 Å². The van der Waals surface area contributed by atoms with E-state index in [1.165, 1.54) is 24.5 Å². The molecule has 0 amide bonds. The van der Waals surface area contributed by atoms with Gasteiger partial charge in [0.25, 0.3) is 0 Å². The SMILES string of the molecule is Fc1c(Br)cc2cnccc2c1F. The highest BCUT2D eigenvalue weighted by Crippen LogP contribution is 2.26. The third-order valence-corrected chi connectivity index (χ3v) is 2.35. The van der Waals surface area contributed by atoms with Crippen molar-refractivity contribution in [3.63, 3.8) is 0 Å². The van der Waals surface area contributed by atoms with Crippen LogP contribution in [0.1, 0.15) is 0 Å². The highest BCUT2D eigenvalue weighted by Gasteiger charge is 2.10. The topological polar surface area (TPSA) is 12.9 Å². The Balaban J connectivity index is 2.94. The van der Waals surface area contributed by atoms with Crippen LogP contribution in [0.2, 0.25) is 0 Å². The zero-order chi connectivity index (χ0) is 9.42. The second-order valence-electron chi connectivity index (χ2n) is 2.58. The van der Waals surface area contributed by atoms with Gasteiger partial charge < -0.3 is 0 Å². The van der Waals surface area contributed by atoms with Gasteiger partial charge >= 0.3 is 0 Å². The molecule has 66 valence electrons. The van der Waals surface area contributed by atoms with Crippen molar-refractivity contribution < 1.29 is 8.78 Å². The van der Waals surface area contributed by atoms with Crippen LogP contribution in [-0.2, 0) is 0 Å². The summed E-state index contributed by atoms with van der Waals surface area (Å²) >= 11 is 2.92. The first-order valence-electron chi connectivity index (χ1n) is 3.57. The summed E-state index contributed by atoms with van der Waals surface area (Å²) in [4.78, 5) is 3.81. The summed E-state index contributed by atoms with van der Waals surface area (Å²) in [6, 6.07) is 2.95. The molecule has 2 rings (SSSR count). The van der Waals surface area contributed by atoms with Gasteiger partial charge in [-0.3, -0.25) is 4.98 Å². The molecule has 13 heavy (non-hydrogen) atoms. The molecule has 4 heteroatoms. The minimum absolute atomic E-state index is 0.116. The lowest BCUT2D eigenvalue weighted by Gasteiger charge is -2.01. The fourth-order valence-electron chi connectivity index (χ4n) is 1.14. The molecule has 0 aliphatic heterocycles. The third-order valence-electron chi connectivity index (χ3n) is 1.77. The number of rotatable bonds is 0. The number of hydrogen-bond donors (Lipinski definition) is 0. The molecule has 0 spiro atoms. The minimum Gasteiger partial charge on any atom is -0.264 e. The van der Waals surface area contributed by atoms with Crippen molar-refractivity contribution in [1.29, 1.82) is 0 Å². The van der Waals surface area contributed by atoms with Gasteiger partial charge in [0, 0.05) is 23.2 Å². The van der Waals surface area contributed by atoms with Crippen LogP contribution in [0.3, 0.4) is 0 Å². The standard InChI is InChI=1S/C9H4BrF2N/c10-7-3-5-4-13-2-1-6(5)8(11)9(7)12/h1-4H. The second-order valence-corrected chi connectivity index (χ2v) is 3.44. The molecule has 0 aliphatic rings. The number of halogens is 3. The Bertz CT molecular complexity index is 470. The predicted octanol–water partition coefficient (Wildman–Crippen LogP) is 3.28. The van der Waals surface area contributed by atoms with Gasteiger partial charge in [-0.05, 0) is 28.1 Å². The van der Waals surface area contributed by atoms with E-state index in [9.17, 15) is 8.78 Å². The van der Waals surface area contributed by atoms with Gasteiger partial charge in [-0.2, -0.15) is 0 Å². The van der Waals surface area contributed by atoms with Crippen molar-refractivity contribution in [2.75, 3.05) is 0 Å². The lowest BCUT2D eigenvalue weighted by atomic mass is 10.2.